The second kappa shape index (κ2) is 6.14. The van der Waals surface area contributed by atoms with Gasteiger partial charge < -0.3 is 14.7 Å². The number of nitriles is 1. The molecule has 0 saturated carbocycles. The number of allylic oxidation sites excluding steroid dienone is 1. The molecule has 0 bridgehead atoms. The molecule has 2 N–H and O–H groups in total. The van der Waals surface area contributed by atoms with Gasteiger partial charge >= 0.3 is 0 Å². The summed E-state index contributed by atoms with van der Waals surface area (Å²) in [6.07, 6.45) is 0. The van der Waals surface area contributed by atoms with Crippen LogP contribution < -0.4 is 0 Å². The van der Waals surface area contributed by atoms with E-state index in [9.17, 15) is 10.4 Å². The number of nitrogens with one attached hydrogen (secondary N) is 1. The largest absolute Gasteiger partial charge is 0.510 e. The van der Waals surface area contributed by atoms with Crippen molar-refractivity contribution in [2.24, 2.45) is 7.05 Å². The number of benzene rings is 1. The molecule has 8 heteroatoms. The van der Waals surface area contributed by atoms with Gasteiger partial charge in [-0.05, 0) is 19.1 Å². The Hall–Kier alpha value is -2.79. The molecule has 23 heavy (non-hydrogen) atoms. The Morgan fingerprint density at radius 3 is 2.83 bits per heavy atom. The SMILES string of the molecule is Cc1nnc(SC/C(O)=C(\C#N)c2nc3ccccc3[nH]2)n1C. The number of aliphatic hydroxyl groups is 1. The number of aryl methyl sites for hydroxylation is 1. The maximum Gasteiger partial charge on any atom is 0.191 e. The highest BCUT2D eigenvalue weighted by atomic mass is 32.2. The number of hydrogen-bond acceptors (Lipinski definition) is 6. The molecule has 0 amide bonds. The standard InChI is InChI=1S/C15H14N6OS/c1-9-19-20-15(21(9)2)23-8-13(22)10(7-16)14-17-11-5-3-4-6-12(11)18-14/h3-6,22H,8H2,1-2H3,(H,17,18)/b13-10-. The normalized spacial score (nSPS) is 12.2. The molecule has 0 fully saturated rings. The number of hydrogen-bond donors (Lipinski definition) is 2. The number of thioether (sulfide) groups is 1. The molecule has 0 aliphatic rings. The molecule has 116 valence electrons. The maximum atomic E-state index is 10.3. The van der Waals surface area contributed by atoms with Crippen molar-refractivity contribution in [3.8, 4) is 6.07 Å². The maximum absolute atomic E-state index is 10.3. The molecule has 2 heterocycles. The van der Waals surface area contributed by atoms with E-state index in [1.165, 1.54) is 11.8 Å². The average molecular weight is 326 g/mol. The zero-order valence-corrected chi connectivity index (χ0v) is 13.4. The number of imidazole rings is 1. The van der Waals surface area contributed by atoms with E-state index in [1.54, 1.807) is 0 Å². The van der Waals surface area contributed by atoms with Crippen molar-refractivity contribution in [3.63, 3.8) is 0 Å². The van der Waals surface area contributed by atoms with E-state index in [-0.39, 0.29) is 17.1 Å². The van der Waals surface area contributed by atoms with Crippen molar-refractivity contribution in [1.82, 2.24) is 24.7 Å². The first kappa shape index (κ1) is 15.1. The first-order valence-electron chi connectivity index (χ1n) is 6.86. The number of aromatic amines is 1. The first-order chi connectivity index (χ1) is 11.1. The van der Waals surface area contributed by atoms with E-state index in [0.29, 0.717) is 11.0 Å². The number of H-pyrrole nitrogens is 1. The van der Waals surface area contributed by atoms with Gasteiger partial charge in [0, 0.05) is 7.05 Å². The van der Waals surface area contributed by atoms with Crippen molar-refractivity contribution in [1.29, 1.82) is 5.26 Å². The predicted octanol–water partition coefficient (Wildman–Crippen LogP) is 2.58. The van der Waals surface area contributed by atoms with Crippen LogP contribution in [0.25, 0.3) is 16.6 Å². The summed E-state index contributed by atoms with van der Waals surface area (Å²) >= 11 is 1.31. The molecule has 1 aromatic carbocycles. The lowest BCUT2D eigenvalue weighted by Crippen LogP contribution is -1.98. The molecule has 7 nitrogen and oxygen atoms in total. The van der Waals surface area contributed by atoms with Crippen LogP contribution in [0.3, 0.4) is 0 Å². The smallest absolute Gasteiger partial charge is 0.191 e. The van der Waals surface area contributed by atoms with E-state index >= 15 is 0 Å². The minimum absolute atomic E-state index is 0.0443. The van der Waals surface area contributed by atoms with Crippen molar-refractivity contribution in [2.45, 2.75) is 12.1 Å². The van der Waals surface area contributed by atoms with Gasteiger partial charge in [-0.2, -0.15) is 5.26 Å². The van der Waals surface area contributed by atoms with E-state index in [1.807, 2.05) is 48.9 Å². The van der Waals surface area contributed by atoms with E-state index in [4.69, 9.17) is 0 Å². The zero-order valence-electron chi connectivity index (χ0n) is 12.6. The third kappa shape index (κ3) is 2.91. The van der Waals surface area contributed by atoms with Gasteiger partial charge in [0.05, 0.1) is 16.8 Å². The second-order valence-corrected chi connectivity index (χ2v) is 5.86. The minimum atomic E-state index is -0.0443. The molecule has 0 aliphatic carbocycles. The Labute approximate surface area is 136 Å². The van der Waals surface area contributed by atoms with Gasteiger partial charge in [0.2, 0.25) is 0 Å². The number of aliphatic hydroxyl groups excluding tert-OH is 1. The third-order valence-corrected chi connectivity index (χ3v) is 4.45. The fraction of sp³-hybridized carbons (Fsp3) is 0.200. The summed E-state index contributed by atoms with van der Waals surface area (Å²) in [5.41, 5.74) is 1.70. The van der Waals surface area contributed by atoms with E-state index in [2.05, 4.69) is 20.2 Å². The van der Waals surface area contributed by atoms with Gasteiger partial charge in [-0.1, -0.05) is 23.9 Å². The molecule has 0 spiro atoms. The van der Waals surface area contributed by atoms with Gasteiger partial charge in [0.15, 0.2) is 11.0 Å². The predicted molar refractivity (Wildman–Crippen MR) is 87.7 cm³/mol. The number of para-hydroxylation sites is 2. The van der Waals surface area contributed by atoms with Gasteiger partial charge in [-0.15, -0.1) is 10.2 Å². The molecular formula is C15H14N6OS. The van der Waals surface area contributed by atoms with E-state index in [0.717, 1.165) is 16.9 Å². The quantitative estimate of drug-likeness (QED) is 0.434. The highest BCUT2D eigenvalue weighted by Gasteiger charge is 2.14. The summed E-state index contributed by atoms with van der Waals surface area (Å²) < 4.78 is 1.82. The van der Waals surface area contributed by atoms with Gasteiger partial charge in [-0.25, -0.2) is 4.98 Å². The molecule has 0 saturated heterocycles. The third-order valence-electron chi connectivity index (χ3n) is 3.42. The zero-order chi connectivity index (χ0) is 16.4. The van der Waals surface area contributed by atoms with Crippen molar-refractivity contribution in [3.05, 3.63) is 41.7 Å². The Morgan fingerprint density at radius 1 is 1.39 bits per heavy atom. The van der Waals surface area contributed by atoms with Crippen LogP contribution in [0.5, 0.6) is 0 Å². The summed E-state index contributed by atoms with van der Waals surface area (Å²) in [7, 11) is 1.85. The lowest BCUT2D eigenvalue weighted by atomic mass is 10.2. The average Bonchev–Trinajstić information content (AvgIpc) is 3.11. The minimum Gasteiger partial charge on any atom is -0.510 e. The Morgan fingerprint density at radius 2 is 2.17 bits per heavy atom. The van der Waals surface area contributed by atoms with Crippen LogP contribution in [0.4, 0.5) is 0 Å². The summed E-state index contributed by atoms with van der Waals surface area (Å²) in [6, 6.07) is 9.48. The van der Waals surface area contributed by atoms with E-state index < -0.39 is 0 Å². The van der Waals surface area contributed by atoms with Crippen LogP contribution in [0.15, 0.2) is 35.2 Å². The molecular weight excluding hydrogens is 312 g/mol. The van der Waals surface area contributed by atoms with Crippen LogP contribution in [0.2, 0.25) is 0 Å². The highest BCUT2D eigenvalue weighted by molar-refractivity contribution is 7.99. The Bertz CT molecular complexity index is 900. The molecule has 0 unspecified atom stereocenters. The number of rotatable bonds is 4. The highest BCUT2D eigenvalue weighted by Crippen LogP contribution is 2.23. The number of aromatic nitrogens is 5. The number of fused-ring (bicyclic) bond motifs is 1. The summed E-state index contributed by atoms with van der Waals surface area (Å²) in [5, 5.41) is 28.3. The van der Waals surface area contributed by atoms with Crippen LogP contribution >= 0.6 is 11.8 Å². The second-order valence-electron chi connectivity index (χ2n) is 4.91. The fourth-order valence-corrected chi connectivity index (χ4v) is 2.88. The lowest BCUT2D eigenvalue weighted by Gasteiger charge is -2.03. The Kier molecular flexibility index (Phi) is 4.04. The van der Waals surface area contributed by atoms with Crippen LogP contribution in [-0.2, 0) is 7.05 Å². The molecule has 0 radical (unpaired) electrons. The summed E-state index contributed by atoms with van der Waals surface area (Å²) in [5.74, 6) is 1.32. The van der Waals surface area contributed by atoms with Crippen molar-refractivity contribution < 1.29 is 5.11 Å². The summed E-state index contributed by atoms with van der Waals surface area (Å²) in [4.78, 5) is 7.39. The van der Waals surface area contributed by atoms with Crippen LogP contribution in [0.1, 0.15) is 11.6 Å². The molecule has 3 rings (SSSR count). The fourth-order valence-electron chi connectivity index (χ4n) is 2.04. The molecule has 0 aliphatic heterocycles. The van der Waals surface area contributed by atoms with Gasteiger partial charge in [0.1, 0.15) is 23.2 Å². The number of nitrogens with zero attached hydrogens (tertiary/aromatic N) is 5. The van der Waals surface area contributed by atoms with Crippen molar-refractivity contribution in [2.75, 3.05) is 5.75 Å². The topological polar surface area (TPSA) is 103 Å². The molecule has 3 aromatic rings. The Balaban J connectivity index is 1.87. The molecule has 0 atom stereocenters. The molecule has 2 aromatic heterocycles. The van der Waals surface area contributed by atoms with Crippen molar-refractivity contribution >= 4 is 28.4 Å². The monoisotopic (exact) mass is 326 g/mol. The lowest BCUT2D eigenvalue weighted by molar-refractivity contribution is 0.420. The van der Waals surface area contributed by atoms with Crippen LogP contribution in [0, 0.1) is 18.3 Å². The van der Waals surface area contributed by atoms with Crippen LogP contribution in [-0.4, -0.2) is 35.6 Å². The first-order valence-corrected chi connectivity index (χ1v) is 7.85. The van der Waals surface area contributed by atoms with Gasteiger partial charge in [0.25, 0.3) is 0 Å². The summed E-state index contributed by atoms with van der Waals surface area (Å²) in [6.45, 7) is 1.85. The van der Waals surface area contributed by atoms with Gasteiger partial charge in [-0.3, -0.25) is 0 Å².